The maximum Gasteiger partial charge on any atom is 0.162 e. The van der Waals surface area contributed by atoms with Crippen molar-refractivity contribution >= 4 is 28.3 Å². The van der Waals surface area contributed by atoms with Gasteiger partial charge in [0.2, 0.25) is 0 Å². The average Bonchev–Trinajstić information content (AvgIpc) is 2.74. The van der Waals surface area contributed by atoms with Gasteiger partial charge in [0.25, 0.3) is 0 Å². The molecule has 5 heteroatoms. The number of halogens is 1. The van der Waals surface area contributed by atoms with Gasteiger partial charge in [-0.15, -0.1) is 0 Å². The Morgan fingerprint density at radius 3 is 2.39 bits per heavy atom. The first-order chi connectivity index (χ1) is 13.6. The molecule has 1 N–H and O–H groups in total. The molecule has 0 aliphatic heterocycles. The third kappa shape index (κ3) is 3.78. The summed E-state index contributed by atoms with van der Waals surface area (Å²) in [6.07, 6.45) is 0. The normalized spacial score (nSPS) is 12.0. The summed E-state index contributed by atoms with van der Waals surface area (Å²) in [6.45, 7) is 2.12. The van der Waals surface area contributed by atoms with Crippen LogP contribution in [0.5, 0.6) is 5.75 Å². The largest absolute Gasteiger partial charge is 0.497 e. The Bertz CT molecular complexity index is 1100. The van der Waals surface area contributed by atoms with Crippen molar-refractivity contribution in [2.24, 2.45) is 0 Å². The number of anilines is 1. The van der Waals surface area contributed by atoms with Crippen LogP contribution in [0.1, 0.15) is 18.5 Å². The molecule has 0 fully saturated rings. The first-order valence-electron chi connectivity index (χ1n) is 9.07. The molecule has 140 valence electrons. The molecule has 0 saturated heterocycles. The van der Waals surface area contributed by atoms with E-state index in [0.29, 0.717) is 10.8 Å². The van der Waals surface area contributed by atoms with Crippen LogP contribution in [0.2, 0.25) is 5.02 Å². The van der Waals surface area contributed by atoms with E-state index in [9.17, 15) is 0 Å². The van der Waals surface area contributed by atoms with Crippen LogP contribution < -0.4 is 10.1 Å². The van der Waals surface area contributed by atoms with Crippen LogP contribution in [-0.4, -0.2) is 17.1 Å². The number of fused-ring (bicyclic) bond motifs is 1. The van der Waals surface area contributed by atoms with Gasteiger partial charge in [-0.25, -0.2) is 9.97 Å². The van der Waals surface area contributed by atoms with Gasteiger partial charge in [-0.2, -0.15) is 0 Å². The summed E-state index contributed by atoms with van der Waals surface area (Å²) in [5, 5.41) is 5.12. The molecule has 0 aliphatic rings. The molecule has 0 aliphatic carbocycles. The van der Waals surface area contributed by atoms with Crippen LogP contribution in [-0.2, 0) is 0 Å². The fourth-order valence-electron chi connectivity index (χ4n) is 3.11. The number of hydrogen-bond donors (Lipinski definition) is 1. The molecule has 0 saturated carbocycles. The van der Waals surface area contributed by atoms with Gasteiger partial charge in [-0.3, -0.25) is 0 Å². The van der Waals surface area contributed by atoms with Crippen molar-refractivity contribution in [3.63, 3.8) is 0 Å². The second-order valence-corrected chi connectivity index (χ2v) is 7.00. The molecule has 0 radical (unpaired) electrons. The molecule has 0 unspecified atom stereocenters. The Hall–Kier alpha value is -3.11. The van der Waals surface area contributed by atoms with E-state index in [0.717, 1.165) is 28.0 Å². The number of ether oxygens (including phenoxy) is 1. The summed E-state index contributed by atoms with van der Waals surface area (Å²) in [5.74, 6) is 2.22. The number of rotatable bonds is 5. The van der Waals surface area contributed by atoms with E-state index < -0.39 is 0 Å². The zero-order valence-corrected chi connectivity index (χ0v) is 16.4. The van der Waals surface area contributed by atoms with Gasteiger partial charge in [0.1, 0.15) is 11.6 Å². The van der Waals surface area contributed by atoms with E-state index in [1.165, 1.54) is 5.56 Å². The molecular weight excluding hydrogens is 370 g/mol. The second-order valence-electron chi connectivity index (χ2n) is 6.56. The molecule has 4 aromatic rings. The lowest BCUT2D eigenvalue weighted by atomic mass is 10.1. The Morgan fingerprint density at radius 1 is 0.929 bits per heavy atom. The highest BCUT2D eigenvalue weighted by molar-refractivity contribution is 6.31. The Balaban J connectivity index is 1.79. The lowest BCUT2D eigenvalue weighted by molar-refractivity contribution is 0.415. The lowest BCUT2D eigenvalue weighted by Crippen LogP contribution is -2.09. The highest BCUT2D eigenvalue weighted by Gasteiger charge is 2.13. The number of hydrogen-bond acceptors (Lipinski definition) is 4. The van der Waals surface area contributed by atoms with Gasteiger partial charge < -0.3 is 10.1 Å². The predicted molar refractivity (Wildman–Crippen MR) is 115 cm³/mol. The zero-order chi connectivity index (χ0) is 19.5. The maximum absolute atomic E-state index is 6.21. The zero-order valence-electron chi connectivity index (χ0n) is 15.7. The van der Waals surface area contributed by atoms with Crippen molar-refractivity contribution in [2.45, 2.75) is 13.0 Å². The fourth-order valence-corrected chi connectivity index (χ4v) is 3.28. The van der Waals surface area contributed by atoms with Crippen molar-refractivity contribution in [1.29, 1.82) is 0 Å². The molecule has 1 atom stereocenters. The minimum atomic E-state index is 0.0960. The number of nitrogens with one attached hydrogen (secondary N) is 1. The van der Waals surface area contributed by atoms with Gasteiger partial charge in [-0.1, -0.05) is 41.9 Å². The van der Waals surface area contributed by atoms with Gasteiger partial charge >= 0.3 is 0 Å². The van der Waals surface area contributed by atoms with E-state index in [1.54, 1.807) is 7.11 Å². The van der Waals surface area contributed by atoms with Crippen LogP contribution in [0.3, 0.4) is 0 Å². The van der Waals surface area contributed by atoms with Crippen molar-refractivity contribution in [2.75, 3.05) is 12.4 Å². The third-order valence-electron chi connectivity index (χ3n) is 4.66. The van der Waals surface area contributed by atoms with Crippen molar-refractivity contribution < 1.29 is 4.74 Å². The summed E-state index contributed by atoms with van der Waals surface area (Å²) in [7, 11) is 1.65. The monoisotopic (exact) mass is 389 g/mol. The standard InChI is InChI=1S/C23H20ClN3O/c1-15(16-6-4-3-5-7-16)25-23-20-13-10-18(24)14-21(20)26-22(27-23)17-8-11-19(28-2)12-9-17/h3-15H,1-2H3,(H,25,26,27)/t15-/m1/s1. The van der Waals surface area contributed by atoms with Crippen LogP contribution in [0.4, 0.5) is 5.82 Å². The third-order valence-corrected chi connectivity index (χ3v) is 4.90. The molecule has 0 amide bonds. The van der Waals surface area contributed by atoms with Crippen LogP contribution in [0, 0.1) is 0 Å². The lowest BCUT2D eigenvalue weighted by Gasteiger charge is -2.17. The number of benzene rings is 3. The topological polar surface area (TPSA) is 47.0 Å². The molecular formula is C23H20ClN3O. The smallest absolute Gasteiger partial charge is 0.162 e. The van der Waals surface area contributed by atoms with Crippen molar-refractivity contribution in [1.82, 2.24) is 9.97 Å². The molecule has 28 heavy (non-hydrogen) atoms. The van der Waals surface area contributed by atoms with Gasteiger partial charge in [0, 0.05) is 22.0 Å². The van der Waals surface area contributed by atoms with Gasteiger partial charge in [0.05, 0.1) is 12.6 Å². The average molecular weight is 390 g/mol. The van der Waals surface area contributed by atoms with Gasteiger partial charge in [0.15, 0.2) is 5.82 Å². The van der Waals surface area contributed by atoms with E-state index in [-0.39, 0.29) is 6.04 Å². The quantitative estimate of drug-likeness (QED) is 0.446. The number of aromatic nitrogens is 2. The molecule has 4 rings (SSSR count). The molecule has 3 aromatic carbocycles. The van der Waals surface area contributed by atoms with Crippen molar-refractivity contribution in [3.8, 4) is 17.1 Å². The van der Waals surface area contributed by atoms with Crippen LogP contribution in [0.25, 0.3) is 22.3 Å². The van der Waals surface area contributed by atoms with E-state index in [1.807, 2.05) is 60.7 Å². The van der Waals surface area contributed by atoms with Crippen LogP contribution in [0.15, 0.2) is 72.8 Å². The predicted octanol–water partition coefficient (Wildman–Crippen LogP) is 6.13. The minimum absolute atomic E-state index is 0.0960. The van der Waals surface area contributed by atoms with E-state index >= 15 is 0 Å². The number of methoxy groups -OCH3 is 1. The maximum atomic E-state index is 6.21. The minimum Gasteiger partial charge on any atom is -0.497 e. The van der Waals surface area contributed by atoms with Crippen molar-refractivity contribution in [3.05, 3.63) is 83.4 Å². The molecule has 1 heterocycles. The van der Waals surface area contributed by atoms with E-state index in [4.69, 9.17) is 26.3 Å². The second kappa shape index (κ2) is 7.87. The Morgan fingerprint density at radius 2 is 1.68 bits per heavy atom. The fraction of sp³-hybridized carbons (Fsp3) is 0.130. The summed E-state index contributed by atoms with van der Waals surface area (Å²) in [4.78, 5) is 9.54. The number of nitrogens with zero attached hydrogens (tertiary/aromatic N) is 2. The summed E-state index contributed by atoms with van der Waals surface area (Å²) >= 11 is 6.21. The first kappa shape index (κ1) is 18.3. The highest BCUT2D eigenvalue weighted by Crippen LogP contribution is 2.30. The Kier molecular flexibility index (Phi) is 5.13. The first-order valence-corrected chi connectivity index (χ1v) is 9.45. The molecule has 4 nitrogen and oxygen atoms in total. The summed E-state index contributed by atoms with van der Waals surface area (Å²) in [5.41, 5.74) is 2.91. The highest BCUT2D eigenvalue weighted by atomic mass is 35.5. The Labute approximate surface area is 169 Å². The SMILES string of the molecule is COc1ccc(-c2nc(N[C@H](C)c3ccccc3)c3ccc(Cl)cc3n2)cc1. The summed E-state index contributed by atoms with van der Waals surface area (Å²) in [6, 6.07) is 23.8. The molecule has 0 spiro atoms. The van der Waals surface area contributed by atoms with E-state index in [2.05, 4.69) is 24.4 Å². The molecule has 1 aromatic heterocycles. The molecule has 0 bridgehead atoms. The summed E-state index contributed by atoms with van der Waals surface area (Å²) < 4.78 is 5.25. The van der Waals surface area contributed by atoms with Crippen LogP contribution >= 0.6 is 11.6 Å². The van der Waals surface area contributed by atoms with Gasteiger partial charge in [-0.05, 0) is 55.0 Å².